The van der Waals surface area contributed by atoms with Crippen LogP contribution in [0.1, 0.15) is 44.9 Å². The summed E-state index contributed by atoms with van der Waals surface area (Å²) in [6, 6.07) is 0. The molecule has 0 heterocycles. The molecule has 4 nitrogen and oxygen atoms in total. The predicted octanol–water partition coefficient (Wildman–Crippen LogP) is 2.04. The molecule has 0 aromatic carbocycles. The van der Waals surface area contributed by atoms with Gasteiger partial charge in [0.05, 0.1) is 6.42 Å². The third kappa shape index (κ3) is 1.80. The predicted molar refractivity (Wildman–Crippen MR) is 72.8 cm³/mol. The van der Waals surface area contributed by atoms with Gasteiger partial charge < -0.3 is 10.4 Å². The average molecular weight is 277 g/mol. The Hall–Kier alpha value is -1.06. The molecule has 4 saturated carbocycles. The van der Waals surface area contributed by atoms with Gasteiger partial charge in [-0.05, 0) is 61.2 Å². The van der Waals surface area contributed by atoms with Gasteiger partial charge in [-0.3, -0.25) is 9.59 Å². The van der Waals surface area contributed by atoms with Crippen LogP contribution in [0.5, 0.6) is 0 Å². The van der Waals surface area contributed by atoms with Gasteiger partial charge in [0.15, 0.2) is 0 Å². The molecular formula is C16H23NO3. The summed E-state index contributed by atoms with van der Waals surface area (Å²) in [5, 5.41) is 12.1. The lowest BCUT2D eigenvalue weighted by Gasteiger charge is -2.40. The van der Waals surface area contributed by atoms with Gasteiger partial charge in [0, 0.05) is 12.5 Å². The number of nitrogens with one attached hydrogen (secondary N) is 1. The third-order valence-electron chi connectivity index (χ3n) is 6.62. The average Bonchev–Trinajstić information content (AvgIpc) is 2.80. The lowest BCUT2D eigenvalue weighted by atomic mass is 9.66. The molecule has 0 saturated heterocycles. The first-order valence-electron chi connectivity index (χ1n) is 8.09. The van der Waals surface area contributed by atoms with Crippen LogP contribution < -0.4 is 5.32 Å². The Kier molecular flexibility index (Phi) is 2.67. The highest BCUT2D eigenvalue weighted by Gasteiger charge is 2.67. The molecule has 0 aliphatic heterocycles. The second kappa shape index (κ2) is 4.22. The van der Waals surface area contributed by atoms with Crippen molar-refractivity contribution in [3.63, 3.8) is 0 Å². The van der Waals surface area contributed by atoms with Gasteiger partial charge in [0.2, 0.25) is 5.91 Å². The number of carboxylic acids is 1. The first-order valence-corrected chi connectivity index (χ1v) is 8.09. The standard InChI is InChI=1S/C16H23NO3/c18-11(19)7-16(4-1-5-16)8-17-15(20)14-12-9-2-3-10(6-9)13(12)14/h9-10,12-14H,1-8H2,(H,17,20)(H,18,19). The van der Waals surface area contributed by atoms with Crippen LogP contribution in [0.2, 0.25) is 0 Å². The van der Waals surface area contributed by atoms with Crippen LogP contribution in [0.25, 0.3) is 0 Å². The third-order valence-corrected chi connectivity index (χ3v) is 6.62. The van der Waals surface area contributed by atoms with Crippen LogP contribution in [-0.2, 0) is 9.59 Å². The first kappa shape index (κ1) is 12.7. The van der Waals surface area contributed by atoms with Crippen molar-refractivity contribution in [1.82, 2.24) is 5.32 Å². The minimum atomic E-state index is -0.736. The van der Waals surface area contributed by atoms with Crippen molar-refractivity contribution in [3.05, 3.63) is 0 Å². The molecule has 2 bridgehead atoms. The van der Waals surface area contributed by atoms with E-state index in [1.165, 1.54) is 19.3 Å². The molecule has 4 aliphatic carbocycles. The van der Waals surface area contributed by atoms with Gasteiger partial charge in [-0.15, -0.1) is 0 Å². The number of fused-ring (bicyclic) bond motifs is 5. The minimum Gasteiger partial charge on any atom is -0.481 e. The van der Waals surface area contributed by atoms with Gasteiger partial charge in [0.1, 0.15) is 0 Å². The second-order valence-corrected chi connectivity index (χ2v) is 7.66. The Labute approximate surface area is 119 Å². The van der Waals surface area contributed by atoms with E-state index in [1.54, 1.807) is 0 Å². The Bertz CT molecular complexity index is 441. The van der Waals surface area contributed by atoms with Crippen LogP contribution in [0, 0.1) is 35.0 Å². The second-order valence-electron chi connectivity index (χ2n) is 7.66. The number of aliphatic carboxylic acids is 1. The van der Waals surface area contributed by atoms with Crippen LogP contribution in [0.4, 0.5) is 0 Å². The van der Waals surface area contributed by atoms with Crippen LogP contribution in [0.3, 0.4) is 0 Å². The van der Waals surface area contributed by atoms with Gasteiger partial charge in [-0.25, -0.2) is 0 Å². The number of carbonyl (C=O) groups excluding carboxylic acids is 1. The lowest BCUT2D eigenvalue weighted by molar-refractivity contribution is -0.142. The maximum atomic E-state index is 12.4. The van der Waals surface area contributed by atoms with E-state index in [-0.39, 0.29) is 23.7 Å². The van der Waals surface area contributed by atoms with E-state index in [4.69, 9.17) is 5.11 Å². The lowest BCUT2D eigenvalue weighted by Crippen LogP contribution is -2.44. The van der Waals surface area contributed by atoms with Crippen molar-refractivity contribution >= 4 is 11.9 Å². The molecule has 4 aliphatic rings. The molecule has 0 radical (unpaired) electrons. The normalized spacial score (nSPS) is 42.7. The molecule has 0 aromatic heterocycles. The summed E-state index contributed by atoms with van der Waals surface area (Å²) in [5.74, 6) is 2.72. The van der Waals surface area contributed by atoms with E-state index in [2.05, 4.69) is 5.32 Å². The highest BCUT2D eigenvalue weighted by molar-refractivity contribution is 5.83. The topological polar surface area (TPSA) is 66.4 Å². The van der Waals surface area contributed by atoms with Crippen LogP contribution >= 0.6 is 0 Å². The number of hydrogen-bond acceptors (Lipinski definition) is 2. The van der Waals surface area contributed by atoms with Crippen molar-refractivity contribution in [2.75, 3.05) is 6.54 Å². The Morgan fingerprint density at radius 1 is 1.15 bits per heavy atom. The molecule has 0 spiro atoms. The summed E-state index contributed by atoms with van der Waals surface area (Å²) >= 11 is 0. The molecule has 110 valence electrons. The largest absolute Gasteiger partial charge is 0.481 e. The molecule has 20 heavy (non-hydrogen) atoms. The summed E-state index contributed by atoms with van der Waals surface area (Å²) in [5.41, 5.74) is -0.148. The maximum Gasteiger partial charge on any atom is 0.303 e. The zero-order valence-electron chi connectivity index (χ0n) is 11.8. The monoisotopic (exact) mass is 277 g/mol. The Balaban J connectivity index is 1.32. The zero-order chi connectivity index (χ0) is 13.9. The van der Waals surface area contributed by atoms with E-state index in [0.717, 1.165) is 31.1 Å². The number of rotatable bonds is 5. The van der Waals surface area contributed by atoms with E-state index >= 15 is 0 Å². The SMILES string of the molecule is O=C(O)CC1(CNC(=O)C2C3C4CCC(C4)C23)CCC1. The summed E-state index contributed by atoms with van der Waals surface area (Å²) in [4.78, 5) is 23.3. The molecule has 4 atom stereocenters. The molecule has 2 N–H and O–H groups in total. The molecule has 4 fully saturated rings. The summed E-state index contributed by atoms with van der Waals surface area (Å²) in [6.07, 6.45) is 7.22. The number of carbonyl (C=O) groups is 2. The van der Waals surface area contributed by atoms with Crippen molar-refractivity contribution in [3.8, 4) is 0 Å². The minimum absolute atomic E-state index is 0.148. The van der Waals surface area contributed by atoms with E-state index in [1.807, 2.05) is 0 Å². The van der Waals surface area contributed by atoms with Crippen molar-refractivity contribution in [1.29, 1.82) is 0 Å². The van der Waals surface area contributed by atoms with Crippen molar-refractivity contribution in [2.45, 2.75) is 44.9 Å². The molecular weight excluding hydrogens is 254 g/mol. The van der Waals surface area contributed by atoms with Gasteiger partial charge >= 0.3 is 5.97 Å². The van der Waals surface area contributed by atoms with Gasteiger partial charge in [0.25, 0.3) is 0 Å². The molecule has 4 rings (SSSR count). The fraction of sp³-hybridized carbons (Fsp3) is 0.875. The van der Waals surface area contributed by atoms with E-state index in [0.29, 0.717) is 18.4 Å². The number of carboxylic acid groups (broad SMARTS) is 1. The smallest absolute Gasteiger partial charge is 0.303 e. The summed E-state index contributed by atoms with van der Waals surface area (Å²) < 4.78 is 0. The van der Waals surface area contributed by atoms with E-state index < -0.39 is 5.97 Å². The zero-order valence-corrected chi connectivity index (χ0v) is 11.8. The van der Waals surface area contributed by atoms with E-state index in [9.17, 15) is 9.59 Å². The highest BCUT2D eigenvalue weighted by Crippen LogP contribution is 2.69. The molecule has 0 aromatic rings. The molecule has 1 amide bonds. The fourth-order valence-electron chi connectivity index (χ4n) is 5.48. The molecule has 4 unspecified atom stereocenters. The van der Waals surface area contributed by atoms with Crippen LogP contribution in [0.15, 0.2) is 0 Å². The summed E-state index contributed by atoms with van der Waals surface area (Å²) in [7, 11) is 0. The number of amides is 1. The highest BCUT2D eigenvalue weighted by atomic mass is 16.4. The Morgan fingerprint density at radius 2 is 1.80 bits per heavy atom. The Morgan fingerprint density at radius 3 is 2.30 bits per heavy atom. The van der Waals surface area contributed by atoms with Crippen LogP contribution in [-0.4, -0.2) is 23.5 Å². The van der Waals surface area contributed by atoms with Gasteiger partial charge in [-0.2, -0.15) is 0 Å². The molecule has 4 heteroatoms. The summed E-state index contributed by atoms with van der Waals surface area (Å²) in [6.45, 7) is 0.573. The maximum absolute atomic E-state index is 12.4. The van der Waals surface area contributed by atoms with Gasteiger partial charge in [-0.1, -0.05) is 6.42 Å². The fourth-order valence-corrected chi connectivity index (χ4v) is 5.48. The number of hydrogen-bond donors (Lipinski definition) is 2. The van der Waals surface area contributed by atoms with Crippen molar-refractivity contribution < 1.29 is 14.7 Å². The van der Waals surface area contributed by atoms with Crippen molar-refractivity contribution in [2.24, 2.45) is 35.0 Å². The first-order chi connectivity index (χ1) is 9.60. The quantitative estimate of drug-likeness (QED) is 0.808.